The van der Waals surface area contributed by atoms with E-state index in [9.17, 15) is 9.59 Å². The van der Waals surface area contributed by atoms with Crippen molar-refractivity contribution >= 4 is 11.9 Å². The number of carboxylic acid groups (broad SMARTS) is 1. The minimum atomic E-state index is -0.843. The predicted molar refractivity (Wildman–Crippen MR) is 69.3 cm³/mol. The predicted octanol–water partition coefficient (Wildman–Crippen LogP) is 0.945. The summed E-state index contributed by atoms with van der Waals surface area (Å²) in [5.41, 5.74) is 0. The first-order valence-corrected chi connectivity index (χ1v) is 6.72. The second kappa shape index (κ2) is 7.36. The molecular weight excluding hydrogens is 232 g/mol. The van der Waals surface area contributed by atoms with Gasteiger partial charge in [-0.1, -0.05) is 13.8 Å². The molecule has 0 aliphatic carbocycles. The number of hydrogen-bond donors (Lipinski definition) is 2. The van der Waals surface area contributed by atoms with Gasteiger partial charge in [0.05, 0.1) is 5.92 Å². The molecule has 0 aromatic rings. The van der Waals surface area contributed by atoms with Gasteiger partial charge in [0.25, 0.3) is 0 Å². The molecule has 1 fully saturated rings. The molecule has 1 aliphatic heterocycles. The molecule has 1 saturated heterocycles. The Labute approximate surface area is 109 Å². The summed E-state index contributed by atoms with van der Waals surface area (Å²) in [6.07, 6.45) is 2.90. The lowest BCUT2D eigenvalue weighted by atomic mass is 9.96. The summed E-state index contributed by atoms with van der Waals surface area (Å²) in [6, 6.07) is 0. The van der Waals surface area contributed by atoms with Gasteiger partial charge in [-0.25, -0.2) is 0 Å². The van der Waals surface area contributed by atoms with Crippen LogP contribution in [-0.4, -0.2) is 48.1 Å². The fourth-order valence-corrected chi connectivity index (χ4v) is 2.19. The van der Waals surface area contributed by atoms with Crippen LogP contribution in [-0.2, 0) is 9.59 Å². The summed E-state index contributed by atoms with van der Waals surface area (Å²) >= 11 is 0. The van der Waals surface area contributed by atoms with Crippen LogP contribution in [0.1, 0.15) is 33.1 Å². The van der Waals surface area contributed by atoms with Crippen LogP contribution in [0.5, 0.6) is 0 Å². The van der Waals surface area contributed by atoms with Gasteiger partial charge < -0.3 is 15.3 Å². The summed E-state index contributed by atoms with van der Waals surface area (Å²) in [6.45, 7) is 6.88. The van der Waals surface area contributed by atoms with Crippen LogP contribution in [0.4, 0.5) is 0 Å². The first-order chi connectivity index (χ1) is 8.50. The van der Waals surface area contributed by atoms with E-state index in [1.807, 2.05) is 13.8 Å². The quantitative estimate of drug-likeness (QED) is 0.711. The molecular formula is C13H24N2O3. The van der Waals surface area contributed by atoms with Gasteiger partial charge in [0.2, 0.25) is 5.91 Å². The standard InChI is InChI=1S/C13H24N2O3/c1-10(2)11(13(17)18)9-14-12(16)5-8-15-6-3-4-7-15/h10-11H,3-9H2,1-2H3,(H,14,16)(H,17,18). The zero-order valence-electron chi connectivity index (χ0n) is 11.3. The molecule has 5 heteroatoms. The number of aliphatic carboxylic acids is 1. The van der Waals surface area contributed by atoms with Crippen LogP contribution in [0.15, 0.2) is 0 Å². The molecule has 1 amide bonds. The van der Waals surface area contributed by atoms with E-state index in [1.165, 1.54) is 12.8 Å². The fraction of sp³-hybridized carbons (Fsp3) is 0.846. The molecule has 104 valence electrons. The number of amides is 1. The Morgan fingerprint density at radius 3 is 2.39 bits per heavy atom. The topological polar surface area (TPSA) is 69.6 Å². The van der Waals surface area contributed by atoms with Crippen LogP contribution >= 0.6 is 0 Å². The molecule has 18 heavy (non-hydrogen) atoms. The highest BCUT2D eigenvalue weighted by Crippen LogP contribution is 2.10. The molecule has 5 nitrogen and oxygen atoms in total. The van der Waals surface area contributed by atoms with Crippen molar-refractivity contribution in [2.75, 3.05) is 26.2 Å². The van der Waals surface area contributed by atoms with Crippen molar-refractivity contribution in [3.63, 3.8) is 0 Å². The van der Waals surface area contributed by atoms with Crippen LogP contribution in [0, 0.1) is 11.8 Å². The average Bonchev–Trinajstić information content (AvgIpc) is 2.78. The highest BCUT2D eigenvalue weighted by Gasteiger charge is 2.22. The summed E-state index contributed by atoms with van der Waals surface area (Å²) in [7, 11) is 0. The van der Waals surface area contributed by atoms with Crippen molar-refractivity contribution in [2.24, 2.45) is 11.8 Å². The maximum atomic E-state index is 11.6. The normalized spacial score (nSPS) is 17.9. The van der Waals surface area contributed by atoms with Crippen molar-refractivity contribution in [3.8, 4) is 0 Å². The highest BCUT2D eigenvalue weighted by molar-refractivity contribution is 5.77. The monoisotopic (exact) mass is 256 g/mol. The number of carbonyl (C=O) groups is 2. The summed E-state index contributed by atoms with van der Waals surface area (Å²) in [5.74, 6) is -1.36. The molecule has 0 spiro atoms. The lowest BCUT2D eigenvalue weighted by molar-refractivity contribution is -0.143. The van der Waals surface area contributed by atoms with E-state index in [4.69, 9.17) is 5.11 Å². The number of carbonyl (C=O) groups excluding carboxylic acids is 1. The molecule has 1 rings (SSSR count). The number of rotatable bonds is 7. The Balaban J connectivity index is 2.20. The lowest BCUT2D eigenvalue weighted by Crippen LogP contribution is -2.36. The molecule has 1 heterocycles. The van der Waals surface area contributed by atoms with Crippen molar-refractivity contribution < 1.29 is 14.7 Å². The van der Waals surface area contributed by atoms with Gasteiger partial charge in [-0.2, -0.15) is 0 Å². The van der Waals surface area contributed by atoms with Crippen LogP contribution in [0.25, 0.3) is 0 Å². The van der Waals surface area contributed by atoms with E-state index < -0.39 is 11.9 Å². The van der Waals surface area contributed by atoms with E-state index in [1.54, 1.807) is 0 Å². The van der Waals surface area contributed by atoms with Crippen molar-refractivity contribution in [2.45, 2.75) is 33.1 Å². The molecule has 0 aromatic carbocycles. The van der Waals surface area contributed by atoms with Crippen molar-refractivity contribution in [3.05, 3.63) is 0 Å². The minimum Gasteiger partial charge on any atom is -0.481 e. The zero-order valence-corrected chi connectivity index (χ0v) is 11.3. The molecule has 0 bridgehead atoms. The Hall–Kier alpha value is -1.10. The van der Waals surface area contributed by atoms with Gasteiger partial charge in [0, 0.05) is 19.5 Å². The largest absolute Gasteiger partial charge is 0.481 e. The third kappa shape index (κ3) is 5.04. The number of carboxylic acids is 1. The molecule has 2 N–H and O–H groups in total. The Bertz CT molecular complexity index is 286. The minimum absolute atomic E-state index is 0.0291. The van der Waals surface area contributed by atoms with Crippen molar-refractivity contribution in [1.29, 1.82) is 0 Å². The van der Waals surface area contributed by atoms with Crippen LogP contribution < -0.4 is 5.32 Å². The van der Waals surface area contributed by atoms with Gasteiger partial charge in [0.1, 0.15) is 0 Å². The number of hydrogen-bond acceptors (Lipinski definition) is 3. The second-order valence-corrected chi connectivity index (χ2v) is 5.29. The SMILES string of the molecule is CC(C)C(CNC(=O)CCN1CCCC1)C(=O)O. The third-order valence-electron chi connectivity index (χ3n) is 3.49. The molecule has 1 unspecified atom stereocenters. The summed E-state index contributed by atoms with van der Waals surface area (Å²) in [4.78, 5) is 24.9. The van der Waals surface area contributed by atoms with Gasteiger partial charge in [0.15, 0.2) is 0 Å². The van der Waals surface area contributed by atoms with Gasteiger partial charge >= 0.3 is 5.97 Å². The summed E-state index contributed by atoms with van der Waals surface area (Å²) < 4.78 is 0. The highest BCUT2D eigenvalue weighted by atomic mass is 16.4. The maximum absolute atomic E-state index is 11.6. The Morgan fingerprint density at radius 1 is 1.28 bits per heavy atom. The van der Waals surface area contributed by atoms with E-state index >= 15 is 0 Å². The molecule has 1 aliphatic rings. The smallest absolute Gasteiger partial charge is 0.308 e. The van der Waals surface area contributed by atoms with Gasteiger partial charge in [-0.3, -0.25) is 9.59 Å². The summed E-state index contributed by atoms with van der Waals surface area (Å²) in [5, 5.41) is 11.7. The zero-order chi connectivity index (χ0) is 13.5. The van der Waals surface area contributed by atoms with E-state index in [2.05, 4.69) is 10.2 Å². The van der Waals surface area contributed by atoms with Crippen molar-refractivity contribution in [1.82, 2.24) is 10.2 Å². The number of nitrogens with zero attached hydrogens (tertiary/aromatic N) is 1. The van der Waals surface area contributed by atoms with Crippen LogP contribution in [0.2, 0.25) is 0 Å². The molecule has 0 saturated carbocycles. The lowest BCUT2D eigenvalue weighted by Gasteiger charge is -2.18. The van der Waals surface area contributed by atoms with E-state index in [0.717, 1.165) is 19.6 Å². The van der Waals surface area contributed by atoms with Gasteiger partial charge in [-0.05, 0) is 31.8 Å². The fourth-order valence-electron chi connectivity index (χ4n) is 2.19. The number of nitrogens with one attached hydrogen (secondary N) is 1. The maximum Gasteiger partial charge on any atom is 0.308 e. The third-order valence-corrected chi connectivity index (χ3v) is 3.49. The molecule has 1 atom stereocenters. The van der Waals surface area contributed by atoms with E-state index in [-0.39, 0.29) is 18.4 Å². The molecule has 0 aromatic heterocycles. The average molecular weight is 256 g/mol. The van der Waals surface area contributed by atoms with E-state index in [0.29, 0.717) is 6.42 Å². The second-order valence-electron chi connectivity index (χ2n) is 5.29. The molecule has 0 radical (unpaired) electrons. The first kappa shape index (κ1) is 15.0. The first-order valence-electron chi connectivity index (χ1n) is 6.72. The van der Waals surface area contributed by atoms with Gasteiger partial charge in [-0.15, -0.1) is 0 Å². The Kier molecular flexibility index (Phi) is 6.12. The van der Waals surface area contributed by atoms with Crippen LogP contribution in [0.3, 0.4) is 0 Å². The number of likely N-dealkylation sites (tertiary alicyclic amines) is 1. The Morgan fingerprint density at radius 2 is 1.89 bits per heavy atom.